The molecule has 0 saturated carbocycles. The molecule has 4 aromatic rings. The normalized spacial score (nSPS) is 12.1. The van der Waals surface area contributed by atoms with E-state index in [1.165, 1.54) is 11.8 Å². The molecule has 0 aliphatic heterocycles. The van der Waals surface area contributed by atoms with Crippen molar-refractivity contribution in [1.29, 1.82) is 0 Å². The molecule has 0 aliphatic rings. The van der Waals surface area contributed by atoms with Crippen LogP contribution in [0.5, 0.6) is 0 Å². The Balaban J connectivity index is 1.65. The van der Waals surface area contributed by atoms with Crippen molar-refractivity contribution in [3.8, 4) is 11.4 Å². The van der Waals surface area contributed by atoms with E-state index >= 15 is 0 Å². The summed E-state index contributed by atoms with van der Waals surface area (Å²) in [5.74, 6) is 1.53. The third-order valence-corrected chi connectivity index (χ3v) is 5.76. The number of furan rings is 1. The monoisotopic (exact) mass is 423 g/mol. The van der Waals surface area contributed by atoms with Gasteiger partial charge in [0.2, 0.25) is 0 Å². The van der Waals surface area contributed by atoms with E-state index in [4.69, 9.17) is 16.0 Å². The number of carbonyl (C=O) groups excluding carboxylic acids is 1. The third-order valence-electron chi connectivity index (χ3n) is 4.42. The van der Waals surface area contributed by atoms with Gasteiger partial charge in [0.05, 0.1) is 18.1 Å². The molecule has 5 nitrogen and oxygen atoms in total. The van der Waals surface area contributed by atoms with Crippen LogP contribution in [0.3, 0.4) is 0 Å². The van der Waals surface area contributed by atoms with E-state index in [2.05, 4.69) is 10.2 Å². The van der Waals surface area contributed by atoms with Crippen LogP contribution < -0.4 is 0 Å². The number of halogens is 1. The molecule has 146 valence electrons. The first-order valence-electron chi connectivity index (χ1n) is 9.09. The molecule has 2 heterocycles. The van der Waals surface area contributed by atoms with E-state index < -0.39 is 0 Å². The number of aromatic nitrogens is 3. The largest absolute Gasteiger partial charge is 0.467 e. The molecule has 0 aliphatic carbocycles. The SMILES string of the molecule is CC(Sc1nnc(-c2ccc(Cl)cc2)n1Cc1ccco1)C(=O)c1ccccc1. The van der Waals surface area contributed by atoms with Gasteiger partial charge in [-0.25, -0.2) is 0 Å². The molecule has 0 bridgehead atoms. The summed E-state index contributed by atoms with van der Waals surface area (Å²) < 4.78 is 7.48. The first-order valence-corrected chi connectivity index (χ1v) is 10.3. The van der Waals surface area contributed by atoms with Crippen LogP contribution in [-0.4, -0.2) is 25.8 Å². The second kappa shape index (κ2) is 8.68. The Morgan fingerprint density at radius 3 is 2.52 bits per heavy atom. The highest BCUT2D eigenvalue weighted by Crippen LogP contribution is 2.29. The van der Waals surface area contributed by atoms with Crippen LogP contribution >= 0.6 is 23.4 Å². The van der Waals surface area contributed by atoms with Crippen LogP contribution in [0.4, 0.5) is 0 Å². The summed E-state index contributed by atoms with van der Waals surface area (Å²) in [4.78, 5) is 12.8. The van der Waals surface area contributed by atoms with Crippen molar-refractivity contribution in [1.82, 2.24) is 14.8 Å². The predicted octanol–water partition coefficient (Wildman–Crippen LogP) is 5.60. The third kappa shape index (κ3) is 4.44. The number of carbonyl (C=O) groups is 1. The summed E-state index contributed by atoms with van der Waals surface area (Å²) in [5, 5.41) is 9.74. The van der Waals surface area contributed by atoms with Gasteiger partial charge in [-0.2, -0.15) is 0 Å². The molecular formula is C22H18ClN3O2S. The Hall–Kier alpha value is -2.83. The number of Topliss-reactive ketones (excluding diaryl/α,β-unsaturated/α-hetero) is 1. The molecular weight excluding hydrogens is 406 g/mol. The van der Waals surface area contributed by atoms with Crippen molar-refractivity contribution in [2.45, 2.75) is 23.9 Å². The maximum Gasteiger partial charge on any atom is 0.192 e. The first kappa shape index (κ1) is 19.5. The van der Waals surface area contributed by atoms with Gasteiger partial charge in [-0.1, -0.05) is 53.7 Å². The predicted molar refractivity (Wildman–Crippen MR) is 114 cm³/mol. The Morgan fingerprint density at radius 1 is 1.07 bits per heavy atom. The number of hydrogen-bond donors (Lipinski definition) is 0. The van der Waals surface area contributed by atoms with Crippen molar-refractivity contribution in [2.75, 3.05) is 0 Å². The van der Waals surface area contributed by atoms with Gasteiger partial charge in [-0.05, 0) is 43.3 Å². The van der Waals surface area contributed by atoms with Crippen molar-refractivity contribution in [3.63, 3.8) is 0 Å². The number of hydrogen-bond acceptors (Lipinski definition) is 5. The van der Waals surface area contributed by atoms with E-state index in [1.54, 1.807) is 6.26 Å². The lowest BCUT2D eigenvalue weighted by Crippen LogP contribution is -2.15. The topological polar surface area (TPSA) is 60.9 Å². The zero-order valence-corrected chi connectivity index (χ0v) is 17.2. The van der Waals surface area contributed by atoms with Gasteiger partial charge in [-0.15, -0.1) is 10.2 Å². The Morgan fingerprint density at radius 2 is 1.83 bits per heavy atom. The molecule has 2 aromatic heterocycles. The van der Waals surface area contributed by atoms with Gasteiger partial charge in [0.15, 0.2) is 16.8 Å². The molecule has 1 atom stereocenters. The maximum absolute atomic E-state index is 12.8. The van der Waals surface area contributed by atoms with Crippen LogP contribution in [0.25, 0.3) is 11.4 Å². The summed E-state index contributed by atoms with van der Waals surface area (Å²) in [6.45, 7) is 2.35. The smallest absolute Gasteiger partial charge is 0.192 e. The molecule has 0 spiro atoms. The first-order chi connectivity index (χ1) is 14.1. The Labute approximate surface area is 177 Å². The molecule has 0 radical (unpaired) electrons. The van der Waals surface area contributed by atoms with E-state index in [9.17, 15) is 4.79 Å². The molecule has 0 N–H and O–H groups in total. The number of benzene rings is 2. The van der Waals surface area contributed by atoms with E-state index in [0.717, 1.165) is 11.3 Å². The van der Waals surface area contributed by atoms with Crippen molar-refractivity contribution >= 4 is 29.1 Å². The van der Waals surface area contributed by atoms with Crippen LogP contribution in [-0.2, 0) is 6.54 Å². The fourth-order valence-corrected chi connectivity index (χ4v) is 3.99. The van der Waals surface area contributed by atoms with Gasteiger partial charge >= 0.3 is 0 Å². The molecule has 0 fully saturated rings. The molecule has 2 aromatic carbocycles. The second-order valence-corrected chi connectivity index (χ2v) is 8.21. The lowest BCUT2D eigenvalue weighted by atomic mass is 10.1. The average molecular weight is 424 g/mol. The van der Waals surface area contributed by atoms with Gasteiger partial charge in [-0.3, -0.25) is 9.36 Å². The minimum atomic E-state index is -0.310. The summed E-state index contributed by atoms with van der Waals surface area (Å²) >= 11 is 7.41. The number of nitrogens with zero attached hydrogens (tertiary/aromatic N) is 3. The van der Waals surface area contributed by atoms with Crippen LogP contribution in [0.1, 0.15) is 23.0 Å². The second-order valence-electron chi connectivity index (χ2n) is 6.47. The quantitative estimate of drug-likeness (QED) is 0.286. The van der Waals surface area contributed by atoms with Gasteiger partial charge in [0.25, 0.3) is 0 Å². The highest BCUT2D eigenvalue weighted by atomic mass is 35.5. The van der Waals surface area contributed by atoms with E-state index in [-0.39, 0.29) is 11.0 Å². The summed E-state index contributed by atoms with van der Waals surface area (Å²) in [7, 11) is 0. The van der Waals surface area contributed by atoms with Gasteiger partial charge < -0.3 is 4.42 Å². The van der Waals surface area contributed by atoms with Crippen molar-refractivity contribution < 1.29 is 9.21 Å². The highest BCUT2D eigenvalue weighted by molar-refractivity contribution is 8.00. The van der Waals surface area contributed by atoms with Crippen molar-refractivity contribution in [2.24, 2.45) is 0 Å². The minimum absolute atomic E-state index is 0.0520. The van der Waals surface area contributed by atoms with Crippen LogP contribution in [0.2, 0.25) is 5.02 Å². The number of thioether (sulfide) groups is 1. The van der Waals surface area contributed by atoms with Crippen molar-refractivity contribution in [3.05, 3.63) is 89.3 Å². The average Bonchev–Trinajstić information content (AvgIpc) is 3.40. The molecule has 7 heteroatoms. The zero-order valence-electron chi connectivity index (χ0n) is 15.7. The van der Waals surface area contributed by atoms with E-state index in [0.29, 0.717) is 28.1 Å². The number of ketones is 1. The molecule has 1 unspecified atom stereocenters. The lowest BCUT2D eigenvalue weighted by Gasteiger charge is -2.12. The van der Waals surface area contributed by atoms with Gasteiger partial charge in [0, 0.05) is 16.1 Å². The molecule has 0 saturated heterocycles. The standard InChI is InChI=1S/C22H18ClN3O2S/c1-15(20(27)16-6-3-2-4-7-16)29-22-25-24-21(17-9-11-18(23)12-10-17)26(22)14-19-8-5-13-28-19/h2-13,15H,14H2,1H3. The minimum Gasteiger partial charge on any atom is -0.467 e. The molecule has 29 heavy (non-hydrogen) atoms. The van der Waals surface area contributed by atoms with Crippen LogP contribution in [0, 0.1) is 0 Å². The summed E-state index contributed by atoms with van der Waals surface area (Å²) in [6.07, 6.45) is 1.63. The fourth-order valence-electron chi connectivity index (χ4n) is 2.94. The highest BCUT2D eigenvalue weighted by Gasteiger charge is 2.22. The fraction of sp³-hybridized carbons (Fsp3) is 0.136. The molecule has 0 amide bonds. The zero-order chi connectivity index (χ0) is 20.2. The van der Waals surface area contributed by atoms with Gasteiger partial charge in [0.1, 0.15) is 5.76 Å². The Bertz CT molecular complexity index is 1090. The molecule has 4 rings (SSSR count). The summed E-state index contributed by atoms with van der Waals surface area (Å²) in [6, 6.07) is 20.5. The van der Waals surface area contributed by atoms with E-state index in [1.807, 2.05) is 78.2 Å². The Kier molecular flexibility index (Phi) is 5.83. The number of rotatable bonds is 7. The summed E-state index contributed by atoms with van der Waals surface area (Å²) in [5.41, 5.74) is 1.57. The lowest BCUT2D eigenvalue weighted by molar-refractivity contribution is 0.0994. The van der Waals surface area contributed by atoms with Crippen LogP contribution in [0.15, 0.2) is 82.6 Å². The maximum atomic E-state index is 12.8.